The van der Waals surface area contributed by atoms with Crippen molar-refractivity contribution >= 4 is 39.5 Å². The Hall–Kier alpha value is -3.25. The number of aliphatic hydroxyl groups is 1. The van der Waals surface area contributed by atoms with Crippen molar-refractivity contribution < 1.29 is 9.90 Å². The molecule has 0 spiro atoms. The van der Waals surface area contributed by atoms with Crippen LogP contribution in [0, 0.1) is 6.92 Å². The second-order valence-corrected chi connectivity index (χ2v) is 6.84. The highest BCUT2D eigenvalue weighted by atomic mass is 32.1. The van der Waals surface area contributed by atoms with Crippen LogP contribution in [-0.2, 0) is 0 Å². The van der Waals surface area contributed by atoms with Gasteiger partial charge in [-0.15, -0.1) is 11.3 Å². The van der Waals surface area contributed by atoms with Gasteiger partial charge in [0.25, 0.3) is 0 Å². The molecule has 0 saturated heterocycles. The quantitative estimate of drug-likeness (QED) is 0.315. The van der Waals surface area contributed by atoms with Crippen LogP contribution in [-0.4, -0.2) is 25.8 Å². The molecule has 0 aliphatic heterocycles. The van der Waals surface area contributed by atoms with Crippen molar-refractivity contribution in [1.29, 1.82) is 0 Å². The second-order valence-electron chi connectivity index (χ2n) is 5.77. The van der Waals surface area contributed by atoms with Crippen molar-refractivity contribution in [2.45, 2.75) is 6.92 Å². The van der Waals surface area contributed by atoms with E-state index in [1.807, 2.05) is 37.3 Å². The molecular weight excluding hydrogens is 346 g/mol. The highest BCUT2D eigenvalue weighted by Gasteiger charge is 2.25. The summed E-state index contributed by atoms with van der Waals surface area (Å²) >= 11 is 1.39. The van der Waals surface area contributed by atoms with E-state index in [1.54, 1.807) is 29.6 Å². The van der Waals surface area contributed by atoms with Crippen LogP contribution in [0.4, 0.5) is 0 Å². The standard InChI is InChI=1S/C20H15N3O2S/c1-12-21-16(11-26-12)19(25)17(18(24)13-7-3-2-4-8-13)20-22-14-9-5-6-10-15(14)23-20/h2-11,24H,1H3,(H,22,23). The predicted octanol–water partition coefficient (Wildman–Crippen LogP) is 4.64. The molecule has 0 atom stereocenters. The number of hydrogen-bond acceptors (Lipinski definition) is 5. The number of hydrogen-bond donors (Lipinski definition) is 2. The summed E-state index contributed by atoms with van der Waals surface area (Å²) in [5, 5.41) is 13.4. The van der Waals surface area contributed by atoms with E-state index in [4.69, 9.17) is 0 Å². The van der Waals surface area contributed by atoms with Gasteiger partial charge in [-0.1, -0.05) is 42.5 Å². The summed E-state index contributed by atoms with van der Waals surface area (Å²) in [6.07, 6.45) is 0. The number of H-pyrrole nitrogens is 1. The number of fused-ring (bicyclic) bond motifs is 1. The lowest BCUT2D eigenvalue weighted by Gasteiger charge is -2.07. The zero-order valence-electron chi connectivity index (χ0n) is 13.9. The number of aromatic nitrogens is 3. The van der Waals surface area contributed by atoms with Crippen LogP contribution >= 0.6 is 11.3 Å². The lowest BCUT2D eigenvalue weighted by atomic mass is 10.0. The first-order valence-corrected chi connectivity index (χ1v) is 8.92. The van der Waals surface area contributed by atoms with Crippen molar-refractivity contribution in [2.75, 3.05) is 0 Å². The number of carbonyl (C=O) groups is 1. The number of nitrogens with zero attached hydrogens (tertiary/aromatic N) is 2. The van der Waals surface area contributed by atoms with Gasteiger partial charge in [-0.3, -0.25) is 4.79 Å². The smallest absolute Gasteiger partial charge is 0.219 e. The van der Waals surface area contributed by atoms with Crippen LogP contribution in [0.5, 0.6) is 0 Å². The number of Topliss-reactive ketones (excluding diaryl/α,β-unsaturated/α-hetero) is 1. The summed E-state index contributed by atoms with van der Waals surface area (Å²) in [4.78, 5) is 25.0. The minimum Gasteiger partial charge on any atom is -0.506 e. The number of thiazole rings is 1. The molecule has 0 fully saturated rings. The zero-order valence-corrected chi connectivity index (χ0v) is 14.7. The first-order valence-electron chi connectivity index (χ1n) is 8.04. The number of para-hydroxylation sites is 2. The topological polar surface area (TPSA) is 78.9 Å². The molecule has 0 amide bonds. The summed E-state index contributed by atoms with van der Waals surface area (Å²) in [5.74, 6) is -0.168. The van der Waals surface area contributed by atoms with Crippen molar-refractivity contribution in [3.63, 3.8) is 0 Å². The molecule has 5 nitrogen and oxygen atoms in total. The van der Waals surface area contributed by atoms with Crippen LogP contribution < -0.4 is 0 Å². The van der Waals surface area contributed by atoms with Crippen LogP contribution in [0.2, 0.25) is 0 Å². The number of carbonyl (C=O) groups excluding carboxylic acids is 1. The maximum atomic E-state index is 13.1. The number of aliphatic hydroxyl groups excluding tert-OH is 1. The van der Waals surface area contributed by atoms with Gasteiger partial charge in [0.2, 0.25) is 5.78 Å². The molecule has 2 aromatic heterocycles. The Balaban J connectivity index is 1.93. The molecule has 0 unspecified atom stereocenters. The monoisotopic (exact) mass is 361 g/mol. The van der Waals surface area contributed by atoms with Crippen LogP contribution in [0.1, 0.15) is 26.9 Å². The maximum Gasteiger partial charge on any atom is 0.219 e. The van der Waals surface area contributed by atoms with E-state index >= 15 is 0 Å². The zero-order chi connectivity index (χ0) is 18.1. The third-order valence-corrected chi connectivity index (χ3v) is 4.76. The molecule has 0 radical (unpaired) electrons. The lowest BCUT2D eigenvalue weighted by Crippen LogP contribution is -2.08. The average Bonchev–Trinajstić information content (AvgIpc) is 3.28. The molecular formula is C20H15N3O2S. The molecule has 0 aliphatic rings. The first kappa shape index (κ1) is 16.2. The molecule has 0 bridgehead atoms. The predicted molar refractivity (Wildman–Crippen MR) is 103 cm³/mol. The Morgan fingerprint density at radius 2 is 1.77 bits per heavy atom. The van der Waals surface area contributed by atoms with Gasteiger partial charge in [-0.05, 0) is 19.1 Å². The molecule has 4 rings (SSSR count). The molecule has 6 heteroatoms. The number of allylic oxidation sites excluding steroid dienone is 1. The molecule has 0 saturated carbocycles. The van der Waals surface area contributed by atoms with E-state index in [-0.39, 0.29) is 17.1 Å². The highest BCUT2D eigenvalue weighted by Crippen LogP contribution is 2.28. The SMILES string of the molecule is Cc1nc(C(=O)C(=C(O)c2ccccc2)c2nc3ccccc3[nH]2)cs1. The number of aromatic amines is 1. The molecule has 2 N–H and O–H groups in total. The third kappa shape index (κ3) is 2.91. The molecule has 26 heavy (non-hydrogen) atoms. The van der Waals surface area contributed by atoms with E-state index in [0.29, 0.717) is 17.1 Å². The largest absolute Gasteiger partial charge is 0.506 e. The van der Waals surface area contributed by atoms with Crippen LogP contribution in [0.25, 0.3) is 22.4 Å². The van der Waals surface area contributed by atoms with Gasteiger partial charge in [0.1, 0.15) is 22.9 Å². The molecule has 2 heterocycles. The van der Waals surface area contributed by atoms with Gasteiger partial charge in [0, 0.05) is 10.9 Å². The summed E-state index contributed by atoms with van der Waals surface area (Å²) in [5.41, 5.74) is 2.47. The van der Waals surface area contributed by atoms with Crippen LogP contribution in [0.3, 0.4) is 0 Å². The minimum atomic E-state index is -0.366. The van der Waals surface area contributed by atoms with E-state index in [1.165, 1.54) is 11.3 Å². The Morgan fingerprint density at radius 1 is 1.04 bits per heavy atom. The normalized spacial score (nSPS) is 12.2. The Kier molecular flexibility index (Phi) is 4.10. The Morgan fingerprint density at radius 3 is 2.46 bits per heavy atom. The van der Waals surface area contributed by atoms with Crippen molar-refractivity contribution in [1.82, 2.24) is 15.0 Å². The lowest BCUT2D eigenvalue weighted by molar-refractivity contribution is 0.105. The van der Waals surface area contributed by atoms with Gasteiger partial charge in [0.15, 0.2) is 0 Å². The molecule has 2 aromatic carbocycles. The fraction of sp³-hybridized carbons (Fsp3) is 0.0500. The number of benzene rings is 2. The minimum absolute atomic E-state index is 0.109. The van der Waals surface area contributed by atoms with Gasteiger partial charge in [-0.25, -0.2) is 9.97 Å². The van der Waals surface area contributed by atoms with Gasteiger partial charge in [0.05, 0.1) is 16.0 Å². The number of imidazole rings is 1. The van der Waals surface area contributed by atoms with Gasteiger partial charge < -0.3 is 10.1 Å². The first-order chi connectivity index (χ1) is 12.6. The van der Waals surface area contributed by atoms with Gasteiger partial charge >= 0.3 is 0 Å². The summed E-state index contributed by atoms with van der Waals surface area (Å²) < 4.78 is 0. The Bertz CT molecular complexity index is 1090. The third-order valence-electron chi connectivity index (χ3n) is 3.99. The summed E-state index contributed by atoms with van der Waals surface area (Å²) in [6, 6.07) is 16.4. The van der Waals surface area contributed by atoms with E-state index in [9.17, 15) is 9.90 Å². The number of rotatable bonds is 4. The maximum absolute atomic E-state index is 13.1. The number of nitrogens with one attached hydrogen (secondary N) is 1. The number of aryl methyl sites for hydroxylation is 1. The van der Waals surface area contributed by atoms with E-state index in [2.05, 4.69) is 15.0 Å². The molecule has 0 aliphatic carbocycles. The van der Waals surface area contributed by atoms with Crippen molar-refractivity contribution in [2.24, 2.45) is 0 Å². The van der Waals surface area contributed by atoms with Crippen molar-refractivity contribution in [3.05, 3.63) is 82.1 Å². The van der Waals surface area contributed by atoms with Crippen molar-refractivity contribution in [3.8, 4) is 0 Å². The van der Waals surface area contributed by atoms with Gasteiger partial charge in [-0.2, -0.15) is 0 Å². The Labute approximate surface area is 153 Å². The molecule has 4 aromatic rings. The number of ketones is 1. The summed E-state index contributed by atoms with van der Waals surface area (Å²) in [6.45, 7) is 1.84. The average molecular weight is 361 g/mol. The van der Waals surface area contributed by atoms with Crippen LogP contribution in [0.15, 0.2) is 60.0 Å². The van der Waals surface area contributed by atoms with E-state index < -0.39 is 0 Å². The highest BCUT2D eigenvalue weighted by molar-refractivity contribution is 7.09. The van der Waals surface area contributed by atoms with E-state index in [0.717, 1.165) is 16.0 Å². The fourth-order valence-corrected chi connectivity index (χ4v) is 3.33. The molecule has 128 valence electrons. The summed E-state index contributed by atoms with van der Waals surface area (Å²) in [7, 11) is 0. The fourth-order valence-electron chi connectivity index (χ4n) is 2.73. The second kappa shape index (κ2) is 6.57.